The van der Waals surface area contributed by atoms with Gasteiger partial charge in [0.2, 0.25) is 10.9 Å². The number of benzene rings is 1. The van der Waals surface area contributed by atoms with Gasteiger partial charge in [0.15, 0.2) is 6.20 Å². The SMILES string of the molecule is O=C(CSc1cccc[nH+]1)Nc1cccc(C(F)(F)F)c1. The monoisotopic (exact) mass is 313 g/mol. The van der Waals surface area contributed by atoms with E-state index in [1.807, 2.05) is 18.2 Å². The fourth-order valence-electron chi connectivity index (χ4n) is 1.58. The molecule has 1 aromatic heterocycles. The minimum atomic E-state index is -4.42. The molecule has 0 radical (unpaired) electrons. The summed E-state index contributed by atoms with van der Waals surface area (Å²) in [6.45, 7) is 0. The third-order valence-corrected chi connectivity index (χ3v) is 3.48. The number of anilines is 1. The molecule has 0 aliphatic heterocycles. The second-order valence-electron chi connectivity index (χ2n) is 4.14. The molecule has 0 bridgehead atoms. The highest BCUT2D eigenvalue weighted by molar-refractivity contribution is 7.99. The highest BCUT2D eigenvalue weighted by Gasteiger charge is 2.30. The second kappa shape index (κ2) is 6.62. The molecule has 0 saturated heterocycles. The van der Waals surface area contributed by atoms with E-state index in [2.05, 4.69) is 10.3 Å². The predicted octanol–water partition coefficient (Wildman–Crippen LogP) is 3.25. The van der Waals surface area contributed by atoms with Gasteiger partial charge in [-0.15, -0.1) is 0 Å². The molecule has 1 heterocycles. The molecule has 1 amide bonds. The van der Waals surface area contributed by atoms with Crippen LogP contribution in [0.1, 0.15) is 5.56 Å². The van der Waals surface area contributed by atoms with Crippen molar-refractivity contribution in [3.8, 4) is 0 Å². The van der Waals surface area contributed by atoms with E-state index < -0.39 is 11.7 Å². The van der Waals surface area contributed by atoms with Crippen LogP contribution in [0.2, 0.25) is 0 Å². The number of aromatic amines is 1. The van der Waals surface area contributed by atoms with Gasteiger partial charge in [0, 0.05) is 17.8 Å². The van der Waals surface area contributed by atoms with Gasteiger partial charge in [-0.1, -0.05) is 6.07 Å². The molecular formula is C14H12F3N2OS+. The third-order valence-electron chi connectivity index (χ3n) is 2.51. The average molecular weight is 313 g/mol. The Balaban J connectivity index is 1.94. The zero-order chi connectivity index (χ0) is 15.3. The normalized spacial score (nSPS) is 11.2. The summed E-state index contributed by atoms with van der Waals surface area (Å²) < 4.78 is 37.7. The first-order valence-electron chi connectivity index (χ1n) is 6.02. The molecule has 21 heavy (non-hydrogen) atoms. The summed E-state index contributed by atoms with van der Waals surface area (Å²) in [7, 11) is 0. The first kappa shape index (κ1) is 15.4. The molecule has 2 N–H and O–H groups in total. The number of rotatable bonds is 4. The fourth-order valence-corrected chi connectivity index (χ4v) is 2.27. The smallest absolute Gasteiger partial charge is 0.325 e. The van der Waals surface area contributed by atoms with E-state index >= 15 is 0 Å². The van der Waals surface area contributed by atoms with Gasteiger partial charge in [-0.2, -0.15) is 13.2 Å². The Kier molecular flexibility index (Phi) is 4.85. The fraction of sp³-hybridized carbons (Fsp3) is 0.143. The number of carbonyl (C=O) groups is 1. The molecule has 0 atom stereocenters. The van der Waals surface area contributed by atoms with Crippen LogP contribution in [-0.2, 0) is 11.0 Å². The van der Waals surface area contributed by atoms with Crippen molar-refractivity contribution in [2.45, 2.75) is 11.2 Å². The van der Waals surface area contributed by atoms with E-state index in [1.165, 1.54) is 23.9 Å². The van der Waals surface area contributed by atoms with Crippen molar-refractivity contribution < 1.29 is 22.9 Å². The van der Waals surface area contributed by atoms with Crippen LogP contribution < -0.4 is 10.3 Å². The molecule has 0 aliphatic rings. The lowest BCUT2D eigenvalue weighted by molar-refractivity contribution is -0.426. The van der Waals surface area contributed by atoms with Crippen molar-refractivity contribution in [3.05, 3.63) is 54.2 Å². The van der Waals surface area contributed by atoms with Crippen LogP contribution in [0.5, 0.6) is 0 Å². The molecule has 7 heteroatoms. The van der Waals surface area contributed by atoms with Gasteiger partial charge in [0.05, 0.1) is 11.3 Å². The van der Waals surface area contributed by atoms with Crippen molar-refractivity contribution in [1.29, 1.82) is 0 Å². The molecule has 2 aromatic rings. The van der Waals surface area contributed by atoms with Crippen LogP contribution in [0.15, 0.2) is 53.7 Å². The maximum absolute atomic E-state index is 12.6. The minimum Gasteiger partial charge on any atom is -0.325 e. The topological polar surface area (TPSA) is 43.2 Å². The molecule has 0 unspecified atom stereocenters. The Hall–Kier alpha value is -2.02. The summed E-state index contributed by atoms with van der Waals surface area (Å²) in [5, 5.41) is 3.25. The summed E-state index contributed by atoms with van der Waals surface area (Å²) in [6.07, 6.45) is -2.69. The maximum Gasteiger partial charge on any atom is 0.416 e. The van der Waals surface area contributed by atoms with Gasteiger partial charge >= 0.3 is 6.18 Å². The lowest BCUT2D eigenvalue weighted by atomic mass is 10.2. The first-order valence-corrected chi connectivity index (χ1v) is 7.00. The molecule has 0 saturated carbocycles. The maximum atomic E-state index is 12.6. The molecule has 0 fully saturated rings. The summed E-state index contributed by atoms with van der Waals surface area (Å²) in [6, 6.07) is 10.0. The zero-order valence-corrected chi connectivity index (χ0v) is 11.6. The van der Waals surface area contributed by atoms with Gasteiger partial charge in [-0.25, -0.2) is 4.98 Å². The molecule has 2 rings (SSSR count). The number of nitrogens with one attached hydrogen (secondary N) is 2. The lowest BCUT2D eigenvalue weighted by Crippen LogP contribution is -2.16. The van der Waals surface area contributed by atoms with Gasteiger partial charge in [0.25, 0.3) is 0 Å². The number of carbonyl (C=O) groups excluding carboxylic acids is 1. The largest absolute Gasteiger partial charge is 0.416 e. The quantitative estimate of drug-likeness (QED) is 0.881. The zero-order valence-electron chi connectivity index (χ0n) is 10.8. The first-order chi connectivity index (χ1) is 9.95. The number of alkyl halides is 3. The van der Waals surface area contributed by atoms with E-state index in [0.29, 0.717) is 0 Å². The summed E-state index contributed by atoms with van der Waals surface area (Å²) in [4.78, 5) is 14.7. The number of hydrogen-bond donors (Lipinski definition) is 1. The van der Waals surface area contributed by atoms with Gasteiger partial charge in [-0.05, 0) is 36.0 Å². The van der Waals surface area contributed by atoms with Crippen LogP contribution in [-0.4, -0.2) is 11.7 Å². The van der Waals surface area contributed by atoms with Gasteiger partial charge < -0.3 is 5.32 Å². The van der Waals surface area contributed by atoms with E-state index in [-0.39, 0.29) is 17.3 Å². The number of amides is 1. The third kappa shape index (κ3) is 4.78. The Morgan fingerprint density at radius 1 is 1.19 bits per heavy atom. The average Bonchev–Trinajstić information content (AvgIpc) is 2.46. The summed E-state index contributed by atoms with van der Waals surface area (Å²) >= 11 is 1.27. The van der Waals surface area contributed by atoms with E-state index in [9.17, 15) is 18.0 Å². The van der Waals surface area contributed by atoms with Crippen molar-refractivity contribution in [2.75, 3.05) is 11.1 Å². The molecule has 0 aliphatic carbocycles. The summed E-state index contributed by atoms with van der Waals surface area (Å²) in [5.41, 5.74) is -0.656. The van der Waals surface area contributed by atoms with Crippen LogP contribution in [0.3, 0.4) is 0 Å². The van der Waals surface area contributed by atoms with Crippen molar-refractivity contribution in [3.63, 3.8) is 0 Å². The molecule has 110 valence electrons. The number of halogens is 3. The molecule has 3 nitrogen and oxygen atoms in total. The molecular weight excluding hydrogens is 301 g/mol. The van der Waals surface area contributed by atoms with Crippen LogP contribution in [0.25, 0.3) is 0 Å². The minimum absolute atomic E-state index is 0.108. The number of aromatic nitrogens is 1. The summed E-state index contributed by atoms with van der Waals surface area (Å²) in [5.74, 6) is -0.256. The lowest BCUT2D eigenvalue weighted by Gasteiger charge is -2.09. The highest BCUT2D eigenvalue weighted by Crippen LogP contribution is 2.30. The number of hydrogen-bond acceptors (Lipinski definition) is 2. The van der Waals surface area contributed by atoms with E-state index in [4.69, 9.17) is 0 Å². The van der Waals surface area contributed by atoms with E-state index in [1.54, 1.807) is 6.20 Å². The van der Waals surface area contributed by atoms with Crippen molar-refractivity contribution in [2.24, 2.45) is 0 Å². The van der Waals surface area contributed by atoms with Crippen molar-refractivity contribution >= 4 is 23.4 Å². The highest BCUT2D eigenvalue weighted by atomic mass is 32.2. The van der Waals surface area contributed by atoms with Crippen LogP contribution in [0.4, 0.5) is 18.9 Å². The Labute approximate surface area is 123 Å². The number of thioether (sulfide) groups is 1. The predicted molar refractivity (Wildman–Crippen MR) is 73.8 cm³/mol. The molecule has 1 aromatic carbocycles. The second-order valence-corrected chi connectivity index (χ2v) is 5.16. The number of H-pyrrole nitrogens is 1. The van der Waals surface area contributed by atoms with Crippen LogP contribution >= 0.6 is 11.8 Å². The molecule has 0 spiro atoms. The Morgan fingerprint density at radius 2 is 2.00 bits per heavy atom. The van der Waals surface area contributed by atoms with Gasteiger partial charge in [0.1, 0.15) is 0 Å². The number of pyridine rings is 1. The van der Waals surface area contributed by atoms with Crippen LogP contribution in [0, 0.1) is 0 Å². The standard InChI is InChI=1S/C14H11F3N2OS/c15-14(16,17)10-4-3-5-11(8-10)19-12(20)9-21-13-6-1-2-7-18-13/h1-8H,9H2,(H,19,20)/p+1. The Bertz CT molecular complexity index is 617. The van der Waals surface area contributed by atoms with E-state index in [0.717, 1.165) is 17.2 Å². The Morgan fingerprint density at radius 3 is 2.67 bits per heavy atom. The van der Waals surface area contributed by atoms with Gasteiger partial charge in [-0.3, -0.25) is 4.79 Å². The van der Waals surface area contributed by atoms with Crippen molar-refractivity contribution in [1.82, 2.24) is 0 Å².